The number of nitrogens with zero attached hydrogens (tertiary/aromatic N) is 2. The van der Waals surface area contributed by atoms with E-state index in [-0.39, 0.29) is 0 Å². The number of hydrogen-bond donors (Lipinski definition) is 1. The molecule has 1 aromatic rings. The molecular weight excluding hydrogens is 214 g/mol. The highest BCUT2D eigenvalue weighted by molar-refractivity contribution is 5.62. The molecule has 1 rings (SSSR count). The van der Waals surface area contributed by atoms with Crippen molar-refractivity contribution >= 4 is 11.5 Å². The molecule has 0 bridgehead atoms. The maximum atomic E-state index is 6.00. The van der Waals surface area contributed by atoms with Crippen LogP contribution in [-0.2, 0) is 4.74 Å². The Kier molecular flexibility index (Phi) is 5.77. The van der Waals surface area contributed by atoms with Gasteiger partial charge in [-0.05, 0) is 25.0 Å². The molecule has 0 aliphatic rings. The van der Waals surface area contributed by atoms with E-state index >= 15 is 0 Å². The van der Waals surface area contributed by atoms with E-state index in [1.807, 2.05) is 12.1 Å². The van der Waals surface area contributed by atoms with E-state index in [2.05, 4.69) is 23.7 Å². The summed E-state index contributed by atoms with van der Waals surface area (Å²) in [5, 5.41) is 0. The van der Waals surface area contributed by atoms with Gasteiger partial charge in [-0.2, -0.15) is 0 Å². The number of anilines is 2. The number of methoxy groups -OCH3 is 1. The molecule has 0 fully saturated rings. The molecule has 0 atom stereocenters. The Morgan fingerprint density at radius 2 is 2.12 bits per heavy atom. The normalized spacial score (nSPS) is 10.8. The number of pyridine rings is 1. The zero-order chi connectivity index (χ0) is 12.7. The molecule has 0 saturated heterocycles. The first-order valence-corrected chi connectivity index (χ1v) is 6.20. The Labute approximate surface area is 104 Å². The molecule has 0 unspecified atom stereocenters. The molecule has 0 saturated carbocycles. The van der Waals surface area contributed by atoms with E-state index in [1.54, 1.807) is 13.3 Å². The van der Waals surface area contributed by atoms with Crippen LogP contribution in [0.25, 0.3) is 0 Å². The fourth-order valence-electron chi connectivity index (χ4n) is 2.03. The van der Waals surface area contributed by atoms with Crippen molar-refractivity contribution in [2.75, 3.05) is 30.9 Å². The molecular formula is C13H23N3O. The summed E-state index contributed by atoms with van der Waals surface area (Å²) in [5.74, 6) is 0.873. The average Bonchev–Trinajstić information content (AvgIpc) is 2.36. The Bertz CT molecular complexity index is 326. The molecule has 17 heavy (non-hydrogen) atoms. The van der Waals surface area contributed by atoms with Gasteiger partial charge in [-0.25, -0.2) is 4.98 Å². The van der Waals surface area contributed by atoms with Crippen LogP contribution < -0.4 is 10.6 Å². The topological polar surface area (TPSA) is 51.4 Å². The number of hydrogen-bond acceptors (Lipinski definition) is 4. The van der Waals surface area contributed by atoms with Crippen molar-refractivity contribution < 1.29 is 4.74 Å². The molecule has 4 heteroatoms. The van der Waals surface area contributed by atoms with Crippen molar-refractivity contribution in [3.8, 4) is 0 Å². The van der Waals surface area contributed by atoms with Gasteiger partial charge in [0, 0.05) is 25.9 Å². The van der Waals surface area contributed by atoms with Gasteiger partial charge < -0.3 is 15.4 Å². The molecule has 96 valence electrons. The van der Waals surface area contributed by atoms with Crippen LogP contribution in [0.5, 0.6) is 0 Å². The third kappa shape index (κ3) is 3.60. The molecule has 1 heterocycles. The predicted octanol–water partition coefficient (Wildman–Crippen LogP) is 2.31. The van der Waals surface area contributed by atoms with E-state index in [1.165, 1.54) is 0 Å². The standard InChI is InChI=1S/C13H23N3O/c1-4-11(5-2)16(9-10-17-3)13-12(14)7-6-8-15-13/h6-8,11H,4-5,9-10,14H2,1-3H3. The summed E-state index contributed by atoms with van der Waals surface area (Å²) in [5.41, 5.74) is 6.73. The van der Waals surface area contributed by atoms with Gasteiger partial charge in [0.15, 0.2) is 5.82 Å². The van der Waals surface area contributed by atoms with Gasteiger partial charge in [0.2, 0.25) is 0 Å². The van der Waals surface area contributed by atoms with Crippen LogP contribution in [0, 0.1) is 0 Å². The fourth-order valence-corrected chi connectivity index (χ4v) is 2.03. The first-order chi connectivity index (χ1) is 8.24. The first kappa shape index (κ1) is 13.8. The highest BCUT2D eigenvalue weighted by Crippen LogP contribution is 2.23. The maximum Gasteiger partial charge on any atom is 0.152 e. The Balaban J connectivity index is 2.92. The Morgan fingerprint density at radius 1 is 1.41 bits per heavy atom. The summed E-state index contributed by atoms with van der Waals surface area (Å²) in [7, 11) is 1.72. The van der Waals surface area contributed by atoms with Crippen LogP contribution >= 0.6 is 0 Å². The molecule has 0 spiro atoms. The van der Waals surface area contributed by atoms with Crippen LogP contribution in [-0.4, -0.2) is 31.3 Å². The third-order valence-corrected chi connectivity index (χ3v) is 3.01. The SMILES string of the molecule is CCC(CC)N(CCOC)c1ncccc1N. The van der Waals surface area contributed by atoms with Crippen LogP contribution in [0.2, 0.25) is 0 Å². The zero-order valence-corrected chi connectivity index (χ0v) is 11.0. The minimum absolute atomic E-state index is 0.461. The van der Waals surface area contributed by atoms with Gasteiger partial charge in [0.25, 0.3) is 0 Å². The van der Waals surface area contributed by atoms with Crippen LogP contribution in [0.15, 0.2) is 18.3 Å². The summed E-state index contributed by atoms with van der Waals surface area (Å²) >= 11 is 0. The van der Waals surface area contributed by atoms with E-state index in [0.717, 1.165) is 30.9 Å². The molecule has 0 aromatic carbocycles. The Morgan fingerprint density at radius 3 is 2.65 bits per heavy atom. The highest BCUT2D eigenvalue weighted by atomic mass is 16.5. The lowest BCUT2D eigenvalue weighted by Gasteiger charge is -2.32. The summed E-state index contributed by atoms with van der Waals surface area (Å²) < 4.78 is 5.16. The minimum Gasteiger partial charge on any atom is -0.396 e. The summed E-state index contributed by atoms with van der Waals surface area (Å²) in [6.45, 7) is 5.89. The van der Waals surface area contributed by atoms with E-state index in [9.17, 15) is 0 Å². The number of nitrogens with two attached hydrogens (primary N) is 1. The van der Waals surface area contributed by atoms with E-state index < -0.39 is 0 Å². The van der Waals surface area contributed by atoms with Crippen LogP contribution in [0.4, 0.5) is 11.5 Å². The van der Waals surface area contributed by atoms with Gasteiger partial charge in [0.1, 0.15) is 0 Å². The smallest absolute Gasteiger partial charge is 0.152 e. The second-order valence-corrected chi connectivity index (χ2v) is 4.07. The predicted molar refractivity (Wildman–Crippen MR) is 72.2 cm³/mol. The largest absolute Gasteiger partial charge is 0.396 e. The fraction of sp³-hybridized carbons (Fsp3) is 0.615. The van der Waals surface area contributed by atoms with Crippen LogP contribution in [0.3, 0.4) is 0 Å². The van der Waals surface area contributed by atoms with Crippen molar-refractivity contribution in [1.82, 2.24) is 4.98 Å². The van der Waals surface area contributed by atoms with Crippen LogP contribution in [0.1, 0.15) is 26.7 Å². The van der Waals surface area contributed by atoms with Crippen molar-refractivity contribution in [3.63, 3.8) is 0 Å². The third-order valence-electron chi connectivity index (χ3n) is 3.01. The quantitative estimate of drug-likeness (QED) is 0.790. The lowest BCUT2D eigenvalue weighted by molar-refractivity contribution is 0.202. The van der Waals surface area contributed by atoms with Gasteiger partial charge in [-0.15, -0.1) is 0 Å². The highest BCUT2D eigenvalue weighted by Gasteiger charge is 2.18. The summed E-state index contributed by atoms with van der Waals surface area (Å²) in [6, 6.07) is 4.22. The molecule has 0 aliphatic heterocycles. The van der Waals surface area contributed by atoms with Crippen molar-refractivity contribution in [1.29, 1.82) is 0 Å². The summed E-state index contributed by atoms with van der Waals surface area (Å²) in [4.78, 5) is 6.64. The molecule has 2 N–H and O–H groups in total. The molecule has 1 aromatic heterocycles. The number of aromatic nitrogens is 1. The maximum absolute atomic E-state index is 6.00. The number of ether oxygens (including phenoxy) is 1. The van der Waals surface area contributed by atoms with Gasteiger partial charge in [-0.3, -0.25) is 0 Å². The lowest BCUT2D eigenvalue weighted by Crippen LogP contribution is -2.38. The van der Waals surface area contributed by atoms with E-state index in [4.69, 9.17) is 10.5 Å². The molecule has 0 aliphatic carbocycles. The molecule has 4 nitrogen and oxygen atoms in total. The first-order valence-electron chi connectivity index (χ1n) is 6.20. The monoisotopic (exact) mass is 237 g/mol. The van der Waals surface area contributed by atoms with Crippen molar-refractivity contribution in [3.05, 3.63) is 18.3 Å². The number of nitrogen functional groups attached to an aromatic ring is 1. The Hall–Kier alpha value is -1.29. The number of rotatable bonds is 7. The average molecular weight is 237 g/mol. The van der Waals surface area contributed by atoms with E-state index in [0.29, 0.717) is 12.6 Å². The lowest BCUT2D eigenvalue weighted by atomic mass is 10.1. The second kappa shape index (κ2) is 7.12. The minimum atomic E-state index is 0.461. The zero-order valence-electron chi connectivity index (χ0n) is 11.0. The molecule has 0 amide bonds. The van der Waals surface area contributed by atoms with Crippen molar-refractivity contribution in [2.45, 2.75) is 32.7 Å². The van der Waals surface area contributed by atoms with Crippen molar-refractivity contribution in [2.24, 2.45) is 0 Å². The molecule has 0 radical (unpaired) electrons. The summed E-state index contributed by atoms with van der Waals surface area (Å²) in [6.07, 6.45) is 3.94. The van der Waals surface area contributed by atoms with Gasteiger partial charge >= 0.3 is 0 Å². The van der Waals surface area contributed by atoms with Gasteiger partial charge in [-0.1, -0.05) is 13.8 Å². The second-order valence-electron chi connectivity index (χ2n) is 4.07. The van der Waals surface area contributed by atoms with Gasteiger partial charge in [0.05, 0.1) is 12.3 Å².